The number of hydrogen-bond acceptors (Lipinski definition) is 1. The molecule has 2 aliphatic rings. The number of alkyl halides is 6. The van der Waals surface area contributed by atoms with Crippen LogP contribution in [0.15, 0.2) is 78.7 Å². The van der Waals surface area contributed by atoms with Crippen molar-refractivity contribution in [3.8, 4) is 0 Å². The lowest BCUT2D eigenvalue weighted by Gasteiger charge is -2.33. The first-order valence-electron chi connectivity index (χ1n) is 12.3. The number of aryl methyl sites for hydroxylation is 1. The van der Waals surface area contributed by atoms with E-state index in [1.54, 1.807) is 0 Å². The Labute approximate surface area is 207 Å². The highest BCUT2D eigenvalue weighted by Crippen LogP contribution is 2.43. The van der Waals surface area contributed by atoms with Gasteiger partial charge in [-0.2, -0.15) is 26.3 Å². The number of halogens is 6. The summed E-state index contributed by atoms with van der Waals surface area (Å²) >= 11 is 0. The third kappa shape index (κ3) is 6.23. The van der Waals surface area contributed by atoms with Crippen LogP contribution in [-0.2, 0) is 12.6 Å². The molecule has 0 fully saturated rings. The zero-order chi connectivity index (χ0) is 25.9. The van der Waals surface area contributed by atoms with Gasteiger partial charge in [0.05, 0.1) is 11.6 Å². The molecule has 192 valence electrons. The van der Waals surface area contributed by atoms with Crippen molar-refractivity contribution in [3.05, 3.63) is 101 Å². The van der Waals surface area contributed by atoms with Crippen LogP contribution in [0.4, 0.5) is 26.3 Å². The highest BCUT2D eigenvalue weighted by molar-refractivity contribution is 5.70. The largest absolute Gasteiger partial charge is 0.416 e. The maximum atomic E-state index is 12.9. The molecule has 0 saturated carbocycles. The Kier molecular flexibility index (Phi) is 7.67. The molecule has 1 heterocycles. The molecule has 2 unspecified atom stereocenters. The third-order valence-corrected chi connectivity index (χ3v) is 6.81. The number of hydrogen-bond donors (Lipinski definition) is 0. The maximum absolute atomic E-state index is 12.9. The summed E-state index contributed by atoms with van der Waals surface area (Å²) in [6, 6.07) is 13.0. The second-order valence-corrected chi connectivity index (χ2v) is 9.43. The van der Waals surface area contributed by atoms with Crippen LogP contribution in [-0.4, -0.2) is 11.1 Å². The maximum Gasteiger partial charge on any atom is 0.416 e. The van der Waals surface area contributed by atoms with Gasteiger partial charge >= 0.3 is 12.4 Å². The number of nitrogens with zero attached hydrogens (tertiary/aromatic N) is 1. The molecule has 0 amide bonds. The van der Waals surface area contributed by atoms with Crippen molar-refractivity contribution in [3.63, 3.8) is 0 Å². The van der Waals surface area contributed by atoms with Crippen molar-refractivity contribution in [1.29, 1.82) is 0 Å². The Morgan fingerprint density at radius 3 is 2.22 bits per heavy atom. The fraction of sp³-hybridized carbons (Fsp3) is 0.379. The van der Waals surface area contributed by atoms with E-state index < -0.39 is 24.3 Å². The monoisotopic (exact) mass is 505 g/mol. The van der Waals surface area contributed by atoms with Crippen molar-refractivity contribution in [2.24, 2.45) is 5.92 Å². The van der Waals surface area contributed by atoms with Gasteiger partial charge in [0, 0.05) is 24.2 Å². The first-order chi connectivity index (χ1) is 17.0. The Morgan fingerprint density at radius 2 is 1.61 bits per heavy atom. The predicted molar refractivity (Wildman–Crippen MR) is 130 cm³/mol. The minimum absolute atomic E-state index is 0.0248. The molecule has 1 nitrogen and oxygen atoms in total. The SMILES string of the molecule is CCCc1ccc(C(CCCC(F)(F)F)N2C=CC3CC(c4ccc(C(F)(F)F)cc4)=CC=C32)cc1. The molecule has 7 heteroatoms. The third-order valence-electron chi connectivity index (χ3n) is 6.81. The summed E-state index contributed by atoms with van der Waals surface area (Å²) in [6.45, 7) is 2.10. The standard InChI is InChI=1S/C29H29F6N/c1-2-4-20-6-8-22(9-7-20)26(5-3-17-28(30,31)32)36-18-16-24-19-23(12-15-27(24)36)21-10-13-25(14-11-21)29(33,34)35/h6-16,18,24,26H,2-5,17,19H2,1H3. The van der Waals surface area contributed by atoms with Crippen LogP contribution in [0.5, 0.6) is 0 Å². The van der Waals surface area contributed by atoms with E-state index >= 15 is 0 Å². The van der Waals surface area contributed by atoms with E-state index in [9.17, 15) is 26.3 Å². The van der Waals surface area contributed by atoms with E-state index in [0.717, 1.165) is 47.4 Å². The fourth-order valence-corrected chi connectivity index (χ4v) is 4.97. The van der Waals surface area contributed by atoms with E-state index in [-0.39, 0.29) is 18.4 Å². The Hall–Kier alpha value is -2.96. The molecule has 2 atom stereocenters. The van der Waals surface area contributed by atoms with Gasteiger partial charge in [0.2, 0.25) is 0 Å². The molecule has 2 aromatic carbocycles. The Morgan fingerprint density at radius 1 is 0.917 bits per heavy atom. The Balaban J connectivity index is 1.57. The molecular formula is C29H29F6N. The van der Waals surface area contributed by atoms with Gasteiger partial charge in [0.15, 0.2) is 0 Å². The van der Waals surface area contributed by atoms with E-state index in [2.05, 4.69) is 11.8 Å². The fourth-order valence-electron chi connectivity index (χ4n) is 4.97. The van der Waals surface area contributed by atoms with Crippen LogP contribution < -0.4 is 0 Å². The van der Waals surface area contributed by atoms with Crippen molar-refractivity contribution in [2.75, 3.05) is 0 Å². The lowest BCUT2D eigenvalue weighted by molar-refractivity contribution is -0.138. The first-order valence-corrected chi connectivity index (χ1v) is 12.3. The quantitative estimate of drug-likeness (QED) is 0.323. The summed E-state index contributed by atoms with van der Waals surface area (Å²) in [5.41, 5.74) is 4.16. The van der Waals surface area contributed by atoms with Crippen molar-refractivity contribution in [1.82, 2.24) is 4.90 Å². The number of benzene rings is 2. The van der Waals surface area contributed by atoms with Crippen LogP contribution >= 0.6 is 0 Å². The lowest BCUT2D eigenvalue weighted by atomic mass is 9.87. The van der Waals surface area contributed by atoms with Crippen LogP contribution in [0.25, 0.3) is 5.57 Å². The van der Waals surface area contributed by atoms with Crippen LogP contribution in [0.1, 0.15) is 67.3 Å². The van der Waals surface area contributed by atoms with Gasteiger partial charge in [-0.1, -0.05) is 61.9 Å². The molecule has 36 heavy (non-hydrogen) atoms. The van der Waals surface area contributed by atoms with Crippen LogP contribution in [0.2, 0.25) is 0 Å². The van der Waals surface area contributed by atoms with E-state index in [1.807, 2.05) is 48.7 Å². The average molecular weight is 506 g/mol. The molecule has 1 aliphatic heterocycles. The van der Waals surface area contributed by atoms with Crippen LogP contribution in [0, 0.1) is 5.92 Å². The summed E-state index contributed by atoms with van der Waals surface area (Å²) in [7, 11) is 0. The molecule has 0 saturated heterocycles. The van der Waals surface area contributed by atoms with Crippen LogP contribution in [0.3, 0.4) is 0 Å². The normalized spacial score (nSPS) is 18.6. The molecular weight excluding hydrogens is 476 g/mol. The van der Waals surface area contributed by atoms with Gasteiger partial charge in [-0.15, -0.1) is 0 Å². The van der Waals surface area contributed by atoms with E-state index in [1.165, 1.54) is 17.7 Å². The van der Waals surface area contributed by atoms with Crippen molar-refractivity contribution in [2.45, 2.75) is 63.8 Å². The molecule has 2 aromatic rings. The minimum Gasteiger partial charge on any atom is -0.344 e. The minimum atomic E-state index is -4.38. The van der Waals surface area contributed by atoms with Gasteiger partial charge in [0.1, 0.15) is 0 Å². The number of rotatable bonds is 8. The highest BCUT2D eigenvalue weighted by atomic mass is 19.4. The van der Waals surface area contributed by atoms with Crippen molar-refractivity contribution < 1.29 is 26.3 Å². The summed E-state index contributed by atoms with van der Waals surface area (Å²) < 4.78 is 77.4. The summed E-state index contributed by atoms with van der Waals surface area (Å²) in [6.07, 6.45) is 1.41. The second kappa shape index (κ2) is 10.6. The molecule has 0 radical (unpaired) electrons. The van der Waals surface area contributed by atoms with Gasteiger partial charge < -0.3 is 4.90 Å². The van der Waals surface area contributed by atoms with Gasteiger partial charge in [-0.05, 0) is 66.2 Å². The highest BCUT2D eigenvalue weighted by Gasteiger charge is 2.34. The topological polar surface area (TPSA) is 3.24 Å². The molecule has 1 aliphatic carbocycles. The molecule has 0 N–H and O–H groups in total. The number of allylic oxidation sites excluding steroid dienone is 4. The van der Waals surface area contributed by atoms with E-state index in [4.69, 9.17) is 0 Å². The summed E-state index contributed by atoms with van der Waals surface area (Å²) in [4.78, 5) is 2.07. The summed E-state index contributed by atoms with van der Waals surface area (Å²) in [5, 5.41) is 0. The van der Waals surface area contributed by atoms with Crippen molar-refractivity contribution >= 4 is 5.57 Å². The van der Waals surface area contributed by atoms with Gasteiger partial charge in [-0.25, -0.2) is 0 Å². The zero-order valence-corrected chi connectivity index (χ0v) is 20.0. The lowest BCUT2D eigenvalue weighted by Crippen LogP contribution is -2.24. The molecule has 4 rings (SSSR count). The number of fused-ring (bicyclic) bond motifs is 1. The first kappa shape index (κ1) is 26.1. The average Bonchev–Trinajstić information content (AvgIpc) is 3.25. The molecule has 0 spiro atoms. The molecule has 0 bridgehead atoms. The van der Waals surface area contributed by atoms with Gasteiger partial charge in [0.25, 0.3) is 0 Å². The van der Waals surface area contributed by atoms with Gasteiger partial charge in [-0.3, -0.25) is 0 Å². The summed E-state index contributed by atoms with van der Waals surface area (Å²) in [5.74, 6) is 0.0248. The smallest absolute Gasteiger partial charge is 0.344 e. The second-order valence-electron chi connectivity index (χ2n) is 9.43. The Bertz CT molecular complexity index is 1120. The molecule has 0 aromatic heterocycles. The zero-order valence-electron chi connectivity index (χ0n) is 20.0. The predicted octanol–water partition coefficient (Wildman–Crippen LogP) is 9.25. The van der Waals surface area contributed by atoms with E-state index in [0.29, 0.717) is 12.8 Å².